The quantitative estimate of drug-likeness (QED) is 0.620. The summed E-state index contributed by atoms with van der Waals surface area (Å²) in [6, 6.07) is 0. The molecule has 0 unspecified atom stereocenters. The van der Waals surface area contributed by atoms with E-state index in [0.29, 0.717) is 16.4 Å². The van der Waals surface area contributed by atoms with Gasteiger partial charge in [0.05, 0.1) is 17.5 Å². The minimum Gasteiger partial charge on any atom is -0.298 e. The maximum Gasteiger partial charge on any atom is 0.167 e. The molecule has 1 saturated carbocycles. The Morgan fingerprint density at radius 3 is 3.00 bits per heavy atom. The second-order valence-electron chi connectivity index (χ2n) is 4.57. The normalized spacial score (nSPS) is 15.4. The molecule has 2 aromatic rings. The van der Waals surface area contributed by atoms with Crippen molar-refractivity contribution in [2.24, 2.45) is 5.92 Å². The SMILES string of the molecule is Cc1c(Cl)nc2c(C=O)cnn2c1CC1CC1. The van der Waals surface area contributed by atoms with Gasteiger partial charge in [0, 0.05) is 5.56 Å². The lowest BCUT2D eigenvalue weighted by Gasteiger charge is -2.09. The molecule has 2 heterocycles. The van der Waals surface area contributed by atoms with Gasteiger partial charge in [-0.1, -0.05) is 11.6 Å². The molecule has 0 saturated heterocycles. The van der Waals surface area contributed by atoms with Crippen molar-refractivity contribution < 1.29 is 4.79 Å². The first-order valence-electron chi connectivity index (χ1n) is 5.68. The highest BCUT2D eigenvalue weighted by Gasteiger charge is 2.25. The van der Waals surface area contributed by atoms with Gasteiger partial charge < -0.3 is 0 Å². The predicted molar refractivity (Wildman–Crippen MR) is 64.5 cm³/mol. The molecule has 0 aromatic carbocycles. The Kier molecular flexibility index (Phi) is 2.40. The van der Waals surface area contributed by atoms with Gasteiger partial charge in [-0.25, -0.2) is 9.50 Å². The summed E-state index contributed by atoms with van der Waals surface area (Å²) in [6.07, 6.45) is 5.80. The van der Waals surface area contributed by atoms with Crippen LogP contribution in [-0.4, -0.2) is 20.9 Å². The molecule has 88 valence electrons. The van der Waals surface area contributed by atoms with Crippen molar-refractivity contribution in [1.29, 1.82) is 0 Å². The van der Waals surface area contributed by atoms with Gasteiger partial charge in [0.1, 0.15) is 5.15 Å². The zero-order valence-corrected chi connectivity index (χ0v) is 10.2. The average molecular weight is 250 g/mol. The molecule has 2 aromatic heterocycles. The molecule has 1 fully saturated rings. The number of hydrogen-bond donors (Lipinski definition) is 0. The summed E-state index contributed by atoms with van der Waals surface area (Å²) in [6.45, 7) is 1.95. The molecule has 5 heteroatoms. The van der Waals surface area contributed by atoms with Gasteiger partial charge in [0.2, 0.25) is 0 Å². The third-order valence-electron chi connectivity index (χ3n) is 3.28. The number of halogens is 1. The van der Waals surface area contributed by atoms with E-state index in [1.807, 2.05) is 6.92 Å². The van der Waals surface area contributed by atoms with Crippen LogP contribution in [0.15, 0.2) is 6.20 Å². The first-order valence-corrected chi connectivity index (χ1v) is 6.06. The van der Waals surface area contributed by atoms with Crippen LogP contribution in [0.3, 0.4) is 0 Å². The number of carbonyl (C=O) groups excluding carboxylic acids is 1. The zero-order chi connectivity index (χ0) is 12.0. The van der Waals surface area contributed by atoms with Gasteiger partial charge in [-0.15, -0.1) is 0 Å². The lowest BCUT2D eigenvalue weighted by Crippen LogP contribution is -2.06. The van der Waals surface area contributed by atoms with E-state index in [1.165, 1.54) is 12.8 Å². The predicted octanol–water partition coefficient (Wildman–Crippen LogP) is 2.46. The van der Waals surface area contributed by atoms with E-state index in [1.54, 1.807) is 10.7 Å². The fraction of sp³-hybridized carbons (Fsp3) is 0.417. The van der Waals surface area contributed by atoms with Gasteiger partial charge in [0.15, 0.2) is 11.9 Å². The highest BCUT2D eigenvalue weighted by molar-refractivity contribution is 6.30. The van der Waals surface area contributed by atoms with Crippen molar-refractivity contribution in [3.8, 4) is 0 Å². The highest BCUT2D eigenvalue weighted by atomic mass is 35.5. The Morgan fingerprint density at radius 1 is 1.59 bits per heavy atom. The number of hydrogen-bond acceptors (Lipinski definition) is 3. The van der Waals surface area contributed by atoms with Crippen molar-refractivity contribution in [3.05, 3.63) is 28.2 Å². The van der Waals surface area contributed by atoms with Crippen molar-refractivity contribution in [2.75, 3.05) is 0 Å². The molecule has 0 spiro atoms. The monoisotopic (exact) mass is 249 g/mol. The first-order chi connectivity index (χ1) is 8.20. The van der Waals surface area contributed by atoms with E-state index in [4.69, 9.17) is 11.6 Å². The molecule has 0 aliphatic heterocycles. The molecule has 4 nitrogen and oxygen atoms in total. The largest absolute Gasteiger partial charge is 0.298 e. The molecule has 0 bridgehead atoms. The third kappa shape index (κ3) is 1.72. The van der Waals surface area contributed by atoms with E-state index >= 15 is 0 Å². The standard InChI is InChI=1S/C12H12ClN3O/c1-7-10(4-8-2-3-8)16-12(15-11(7)13)9(6-17)5-14-16/h5-6,8H,2-4H2,1H3. The smallest absolute Gasteiger partial charge is 0.167 e. The molecule has 1 aliphatic carbocycles. The van der Waals surface area contributed by atoms with E-state index in [2.05, 4.69) is 10.1 Å². The fourth-order valence-corrected chi connectivity index (χ4v) is 2.23. The summed E-state index contributed by atoms with van der Waals surface area (Å²) in [5.74, 6) is 0.735. The maximum atomic E-state index is 10.9. The Morgan fingerprint density at radius 2 is 2.35 bits per heavy atom. The van der Waals surface area contributed by atoms with Gasteiger partial charge in [-0.05, 0) is 32.1 Å². The fourth-order valence-electron chi connectivity index (χ4n) is 2.04. The van der Waals surface area contributed by atoms with Gasteiger partial charge >= 0.3 is 0 Å². The summed E-state index contributed by atoms with van der Waals surface area (Å²) in [7, 11) is 0. The average Bonchev–Trinajstić information content (AvgIpc) is 3.05. The van der Waals surface area contributed by atoms with Crippen LogP contribution in [0, 0.1) is 12.8 Å². The second-order valence-corrected chi connectivity index (χ2v) is 4.93. The zero-order valence-electron chi connectivity index (χ0n) is 9.48. The van der Waals surface area contributed by atoms with Gasteiger partial charge in [0.25, 0.3) is 0 Å². The molecule has 3 rings (SSSR count). The third-order valence-corrected chi connectivity index (χ3v) is 3.65. The molecule has 0 N–H and O–H groups in total. The van der Waals surface area contributed by atoms with E-state index < -0.39 is 0 Å². The Hall–Kier alpha value is -1.42. The summed E-state index contributed by atoms with van der Waals surface area (Å²) >= 11 is 6.11. The van der Waals surface area contributed by atoms with Crippen LogP contribution in [0.1, 0.15) is 34.5 Å². The van der Waals surface area contributed by atoms with E-state index in [9.17, 15) is 4.79 Å². The molecule has 0 atom stereocenters. The number of nitrogens with zero attached hydrogens (tertiary/aromatic N) is 3. The van der Waals surface area contributed by atoms with Crippen molar-refractivity contribution in [2.45, 2.75) is 26.2 Å². The van der Waals surface area contributed by atoms with Gasteiger partial charge in [-0.3, -0.25) is 4.79 Å². The molecular formula is C12H12ClN3O. The van der Waals surface area contributed by atoms with Crippen LogP contribution in [0.5, 0.6) is 0 Å². The number of aromatic nitrogens is 3. The Labute approximate surface area is 104 Å². The van der Waals surface area contributed by atoms with Crippen molar-refractivity contribution in [1.82, 2.24) is 14.6 Å². The van der Waals surface area contributed by atoms with Crippen LogP contribution in [-0.2, 0) is 6.42 Å². The molecule has 0 amide bonds. The number of aldehydes is 1. The van der Waals surface area contributed by atoms with Crippen LogP contribution >= 0.6 is 11.6 Å². The van der Waals surface area contributed by atoms with Gasteiger partial charge in [-0.2, -0.15) is 5.10 Å². The molecular weight excluding hydrogens is 238 g/mol. The van der Waals surface area contributed by atoms with E-state index in [-0.39, 0.29) is 0 Å². The minimum absolute atomic E-state index is 0.469. The minimum atomic E-state index is 0.469. The topological polar surface area (TPSA) is 47.3 Å². The number of rotatable bonds is 3. The molecule has 1 aliphatic rings. The Bertz CT molecular complexity index is 601. The van der Waals surface area contributed by atoms with Crippen LogP contribution in [0.4, 0.5) is 0 Å². The summed E-state index contributed by atoms with van der Waals surface area (Å²) in [5.41, 5.74) is 3.09. The summed E-state index contributed by atoms with van der Waals surface area (Å²) < 4.78 is 1.75. The maximum absolute atomic E-state index is 10.9. The molecule has 0 radical (unpaired) electrons. The summed E-state index contributed by atoms with van der Waals surface area (Å²) in [5, 5.41) is 4.71. The second kappa shape index (κ2) is 3.81. The lowest BCUT2D eigenvalue weighted by molar-refractivity contribution is 0.112. The first kappa shape index (κ1) is 10.7. The Balaban J connectivity index is 2.24. The van der Waals surface area contributed by atoms with Crippen LogP contribution in [0.2, 0.25) is 5.15 Å². The lowest BCUT2D eigenvalue weighted by atomic mass is 10.1. The molecule has 17 heavy (non-hydrogen) atoms. The van der Waals surface area contributed by atoms with E-state index in [0.717, 1.165) is 29.9 Å². The van der Waals surface area contributed by atoms with Crippen molar-refractivity contribution >= 4 is 23.5 Å². The number of fused-ring (bicyclic) bond motifs is 1. The summed E-state index contributed by atoms with van der Waals surface area (Å²) in [4.78, 5) is 15.1. The highest BCUT2D eigenvalue weighted by Crippen LogP contribution is 2.34. The van der Waals surface area contributed by atoms with Crippen molar-refractivity contribution in [3.63, 3.8) is 0 Å². The number of carbonyl (C=O) groups is 1. The van der Waals surface area contributed by atoms with Crippen LogP contribution < -0.4 is 0 Å². The van der Waals surface area contributed by atoms with Crippen LogP contribution in [0.25, 0.3) is 5.65 Å².